The van der Waals surface area contributed by atoms with E-state index in [1.54, 1.807) is 0 Å². The van der Waals surface area contributed by atoms with Crippen molar-refractivity contribution < 1.29 is 31.9 Å². The van der Waals surface area contributed by atoms with Crippen molar-refractivity contribution >= 4 is 23.3 Å². The van der Waals surface area contributed by atoms with Gasteiger partial charge in [0.15, 0.2) is 11.7 Å². The molecule has 1 atom stereocenters. The van der Waals surface area contributed by atoms with Crippen LogP contribution in [0.1, 0.15) is 0 Å². The van der Waals surface area contributed by atoms with Crippen LogP contribution >= 0.6 is 11.6 Å². The number of benzene rings is 1. The summed E-state index contributed by atoms with van der Waals surface area (Å²) in [4.78, 5) is 10.4. The number of halogens is 6. The third kappa shape index (κ3) is 3.94. The molecule has 0 amide bonds. The largest absolute Gasteiger partial charge is 0.481 e. The zero-order chi connectivity index (χ0) is 15.5. The average molecular weight is 319 g/mol. The zero-order valence-electron chi connectivity index (χ0n) is 9.56. The lowest BCUT2D eigenvalue weighted by Crippen LogP contribution is -2.41. The lowest BCUT2D eigenvalue weighted by Gasteiger charge is -2.17. The number of carboxylic acid groups (broad SMARTS) is 1. The van der Waals surface area contributed by atoms with E-state index in [1.807, 2.05) is 10.9 Å². The normalized spacial score (nSPS) is 13.1. The Balaban J connectivity index is 2.69. The standard InChI is InChI=1S/C10H8ClF5N2O2/c11-7-5(12)1-2-6(8(7)13)18-17-3-4(9(19)20)10(14,15)16/h1-2,4,17-18H,3H2,(H,19,20). The molecule has 10 heteroatoms. The fraction of sp³-hybridized carbons (Fsp3) is 0.300. The summed E-state index contributed by atoms with van der Waals surface area (Å²) in [6.07, 6.45) is -4.96. The van der Waals surface area contributed by atoms with E-state index >= 15 is 0 Å². The second-order valence-corrected chi connectivity index (χ2v) is 4.04. The Morgan fingerprint density at radius 3 is 2.45 bits per heavy atom. The van der Waals surface area contributed by atoms with Gasteiger partial charge in [-0.1, -0.05) is 11.6 Å². The molecule has 0 aliphatic heterocycles. The molecule has 112 valence electrons. The number of nitrogens with one attached hydrogen (secondary N) is 2. The smallest absolute Gasteiger partial charge is 0.403 e. The first kappa shape index (κ1) is 16.4. The minimum atomic E-state index is -4.96. The molecule has 20 heavy (non-hydrogen) atoms. The van der Waals surface area contributed by atoms with Gasteiger partial charge in [-0.25, -0.2) is 14.2 Å². The van der Waals surface area contributed by atoms with E-state index in [4.69, 9.17) is 16.7 Å². The van der Waals surface area contributed by atoms with Crippen molar-refractivity contribution in [3.8, 4) is 0 Å². The molecule has 0 bridgehead atoms. The molecule has 0 saturated heterocycles. The van der Waals surface area contributed by atoms with Gasteiger partial charge in [-0.05, 0) is 12.1 Å². The number of hydrogen-bond acceptors (Lipinski definition) is 3. The zero-order valence-corrected chi connectivity index (χ0v) is 10.3. The first-order valence-electron chi connectivity index (χ1n) is 5.06. The van der Waals surface area contributed by atoms with E-state index in [2.05, 4.69) is 0 Å². The van der Waals surface area contributed by atoms with Gasteiger partial charge in [0, 0.05) is 6.54 Å². The van der Waals surface area contributed by atoms with Gasteiger partial charge in [0.25, 0.3) is 0 Å². The van der Waals surface area contributed by atoms with E-state index in [0.29, 0.717) is 0 Å². The van der Waals surface area contributed by atoms with Crippen LogP contribution in [0.4, 0.5) is 27.6 Å². The highest BCUT2D eigenvalue weighted by molar-refractivity contribution is 6.31. The number of carbonyl (C=O) groups is 1. The van der Waals surface area contributed by atoms with E-state index in [9.17, 15) is 26.7 Å². The van der Waals surface area contributed by atoms with Crippen LogP contribution in [0.3, 0.4) is 0 Å². The van der Waals surface area contributed by atoms with Gasteiger partial charge in [-0.2, -0.15) is 13.2 Å². The van der Waals surface area contributed by atoms with Gasteiger partial charge in [-0.15, -0.1) is 0 Å². The quantitative estimate of drug-likeness (QED) is 0.444. The summed E-state index contributed by atoms with van der Waals surface area (Å²) in [7, 11) is 0. The number of alkyl halides is 3. The van der Waals surface area contributed by atoms with Gasteiger partial charge in [-0.3, -0.25) is 4.79 Å². The molecule has 0 aromatic heterocycles. The molecule has 0 radical (unpaired) electrons. The van der Waals surface area contributed by atoms with Gasteiger partial charge in [0.05, 0.1) is 5.69 Å². The van der Waals surface area contributed by atoms with Crippen LogP contribution in [0.15, 0.2) is 12.1 Å². The van der Waals surface area contributed by atoms with Crippen molar-refractivity contribution in [3.63, 3.8) is 0 Å². The Kier molecular flexibility index (Phi) is 5.12. The molecule has 0 spiro atoms. The fourth-order valence-electron chi connectivity index (χ4n) is 1.21. The summed E-state index contributed by atoms with van der Waals surface area (Å²) in [6, 6.07) is 1.70. The third-order valence-electron chi connectivity index (χ3n) is 2.26. The molecule has 0 heterocycles. The first-order chi connectivity index (χ1) is 9.14. The first-order valence-corrected chi connectivity index (χ1v) is 5.44. The topological polar surface area (TPSA) is 61.4 Å². The predicted octanol–water partition coefficient (Wildman–Crippen LogP) is 2.80. The van der Waals surface area contributed by atoms with Gasteiger partial charge >= 0.3 is 12.1 Å². The molecular weight excluding hydrogens is 311 g/mol. The van der Waals surface area contributed by atoms with Crippen molar-refractivity contribution in [2.45, 2.75) is 6.18 Å². The molecule has 0 aliphatic carbocycles. The van der Waals surface area contributed by atoms with Crippen LogP contribution in [0.2, 0.25) is 5.02 Å². The summed E-state index contributed by atoms with van der Waals surface area (Å²) in [6.45, 7) is -1.05. The Bertz CT molecular complexity index is 509. The lowest BCUT2D eigenvalue weighted by molar-refractivity contribution is -0.192. The van der Waals surface area contributed by atoms with Crippen molar-refractivity contribution in [2.24, 2.45) is 5.92 Å². The van der Waals surface area contributed by atoms with Gasteiger partial charge in [0.2, 0.25) is 0 Å². The minimum absolute atomic E-state index is 0.414. The number of aliphatic carboxylic acids is 1. The fourth-order valence-corrected chi connectivity index (χ4v) is 1.38. The maximum absolute atomic E-state index is 13.4. The Morgan fingerprint density at radius 2 is 1.95 bits per heavy atom. The average Bonchev–Trinajstić information content (AvgIpc) is 2.32. The van der Waals surface area contributed by atoms with Gasteiger partial charge < -0.3 is 10.5 Å². The maximum atomic E-state index is 13.4. The number of hydrazine groups is 1. The number of anilines is 1. The van der Waals surface area contributed by atoms with Crippen molar-refractivity contribution in [1.82, 2.24) is 5.43 Å². The predicted molar refractivity (Wildman–Crippen MR) is 60.2 cm³/mol. The van der Waals surface area contributed by atoms with Crippen molar-refractivity contribution in [3.05, 3.63) is 28.8 Å². The molecular formula is C10H8ClF5N2O2. The lowest BCUT2D eigenvalue weighted by atomic mass is 10.1. The molecule has 4 nitrogen and oxygen atoms in total. The van der Waals surface area contributed by atoms with Crippen molar-refractivity contribution in [1.29, 1.82) is 0 Å². The molecule has 1 unspecified atom stereocenters. The van der Waals surface area contributed by atoms with Crippen LogP contribution in [-0.2, 0) is 4.79 Å². The Morgan fingerprint density at radius 1 is 1.35 bits per heavy atom. The molecule has 0 fully saturated rings. The SMILES string of the molecule is O=C(O)C(CNNc1ccc(F)c(Cl)c1F)C(F)(F)F. The van der Waals surface area contributed by atoms with Gasteiger partial charge in [0.1, 0.15) is 10.8 Å². The summed E-state index contributed by atoms with van der Waals surface area (Å²) in [5.41, 5.74) is 3.49. The highest BCUT2D eigenvalue weighted by Crippen LogP contribution is 2.27. The number of hydrogen-bond donors (Lipinski definition) is 3. The molecule has 0 aliphatic rings. The highest BCUT2D eigenvalue weighted by atomic mass is 35.5. The van der Waals surface area contributed by atoms with E-state index in [-0.39, 0.29) is 0 Å². The Labute approximate surface area is 114 Å². The van der Waals surface area contributed by atoms with Crippen LogP contribution in [0, 0.1) is 17.6 Å². The van der Waals surface area contributed by atoms with Crippen LogP contribution < -0.4 is 10.9 Å². The van der Waals surface area contributed by atoms with E-state index in [1.165, 1.54) is 0 Å². The molecule has 1 aromatic rings. The monoisotopic (exact) mass is 318 g/mol. The molecule has 1 aromatic carbocycles. The van der Waals surface area contributed by atoms with E-state index < -0.39 is 47.0 Å². The molecule has 1 rings (SSSR count). The van der Waals surface area contributed by atoms with Crippen molar-refractivity contribution in [2.75, 3.05) is 12.0 Å². The Hall–Kier alpha value is -1.61. The third-order valence-corrected chi connectivity index (χ3v) is 2.60. The second-order valence-electron chi connectivity index (χ2n) is 3.66. The van der Waals surface area contributed by atoms with Crippen LogP contribution in [0.25, 0.3) is 0 Å². The summed E-state index contributed by atoms with van der Waals surface area (Å²) < 4.78 is 63.1. The van der Waals surface area contributed by atoms with Crippen LogP contribution in [0.5, 0.6) is 0 Å². The maximum Gasteiger partial charge on any atom is 0.403 e. The molecule has 3 N–H and O–H groups in total. The minimum Gasteiger partial charge on any atom is -0.481 e. The summed E-state index contributed by atoms with van der Waals surface area (Å²) in [5, 5.41) is 7.58. The second kappa shape index (κ2) is 6.23. The van der Waals surface area contributed by atoms with E-state index in [0.717, 1.165) is 12.1 Å². The molecule has 0 saturated carbocycles. The highest BCUT2D eigenvalue weighted by Gasteiger charge is 2.44. The number of carboxylic acids is 1. The van der Waals surface area contributed by atoms with Crippen LogP contribution in [-0.4, -0.2) is 23.8 Å². The summed E-state index contributed by atoms with van der Waals surface area (Å²) in [5.74, 6) is -7.00. The number of rotatable bonds is 5. The summed E-state index contributed by atoms with van der Waals surface area (Å²) >= 11 is 5.26.